The van der Waals surface area contributed by atoms with E-state index in [4.69, 9.17) is 9.47 Å². The van der Waals surface area contributed by atoms with Crippen LogP contribution in [0.1, 0.15) is 26.3 Å². The van der Waals surface area contributed by atoms with Gasteiger partial charge in [-0.15, -0.1) is 0 Å². The molecular formula is C17H23NO4. The maximum atomic E-state index is 11.6. The van der Waals surface area contributed by atoms with E-state index < -0.39 is 5.97 Å². The molecule has 0 saturated carbocycles. The van der Waals surface area contributed by atoms with Crippen molar-refractivity contribution in [2.75, 3.05) is 13.7 Å². The van der Waals surface area contributed by atoms with Crippen LogP contribution in [0.3, 0.4) is 0 Å². The van der Waals surface area contributed by atoms with Crippen LogP contribution in [-0.2, 0) is 14.3 Å². The molecule has 1 aromatic rings. The van der Waals surface area contributed by atoms with E-state index in [9.17, 15) is 9.59 Å². The van der Waals surface area contributed by atoms with Gasteiger partial charge in [0.15, 0.2) is 6.61 Å². The van der Waals surface area contributed by atoms with Crippen LogP contribution in [0.4, 0.5) is 0 Å². The highest BCUT2D eigenvalue weighted by atomic mass is 16.5. The first kappa shape index (κ1) is 17.8. The predicted molar refractivity (Wildman–Crippen MR) is 85.4 cm³/mol. The van der Waals surface area contributed by atoms with Crippen molar-refractivity contribution in [3.8, 4) is 5.75 Å². The van der Waals surface area contributed by atoms with E-state index in [-0.39, 0.29) is 18.6 Å². The Morgan fingerprint density at radius 2 is 1.82 bits per heavy atom. The number of rotatable bonds is 7. The van der Waals surface area contributed by atoms with Crippen molar-refractivity contribution < 1.29 is 19.1 Å². The summed E-state index contributed by atoms with van der Waals surface area (Å²) in [5.74, 6) is 0.223. The lowest BCUT2D eigenvalue weighted by atomic mass is 10.1. The lowest BCUT2D eigenvalue weighted by Gasteiger charge is -2.16. The van der Waals surface area contributed by atoms with Crippen LogP contribution in [0.2, 0.25) is 0 Å². The van der Waals surface area contributed by atoms with Gasteiger partial charge in [0.2, 0.25) is 0 Å². The summed E-state index contributed by atoms with van der Waals surface area (Å²) in [6.45, 7) is 5.65. The van der Waals surface area contributed by atoms with Gasteiger partial charge in [-0.1, -0.05) is 26.0 Å². The first-order valence-electron chi connectivity index (χ1n) is 7.20. The molecule has 0 aliphatic rings. The van der Waals surface area contributed by atoms with Gasteiger partial charge in [0.1, 0.15) is 5.75 Å². The van der Waals surface area contributed by atoms with E-state index in [0.717, 1.165) is 11.3 Å². The number of amides is 1. The average Bonchev–Trinajstić information content (AvgIpc) is 2.51. The standard InChI is InChI=1S/C17H23NO4/c1-12(2)13(3)18-16(19)11-22-17(20)10-7-14-5-8-15(21-4)9-6-14/h5-10,12-13H,11H2,1-4H3,(H,18,19)/b10-7+/t13-/m0/s1. The van der Waals surface area contributed by atoms with Gasteiger partial charge in [-0.25, -0.2) is 4.79 Å². The fourth-order valence-corrected chi connectivity index (χ4v) is 1.53. The van der Waals surface area contributed by atoms with Crippen molar-refractivity contribution in [3.05, 3.63) is 35.9 Å². The van der Waals surface area contributed by atoms with Crippen LogP contribution in [-0.4, -0.2) is 31.6 Å². The molecule has 0 bridgehead atoms. The summed E-state index contributed by atoms with van der Waals surface area (Å²) >= 11 is 0. The Balaban J connectivity index is 2.39. The molecule has 1 N–H and O–H groups in total. The highest BCUT2D eigenvalue weighted by molar-refractivity contribution is 5.89. The molecule has 22 heavy (non-hydrogen) atoms. The largest absolute Gasteiger partial charge is 0.497 e. The minimum atomic E-state index is -0.553. The van der Waals surface area contributed by atoms with E-state index in [0.29, 0.717) is 5.92 Å². The fourth-order valence-electron chi connectivity index (χ4n) is 1.53. The maximum absolute atomic E-state index is 11.6. The first-order valence-corrected chi connectivity index (χ1v) is 7.20. The van der Waals surface area contributed by atoms with Crippen molar-refractivity contribution in [3.63, 3.8) is 0 Å². The Labute approximate surface area is 131 Å². The molecule has 1 rings (SSSR count). The smallest absolute Gasteiger partial charge is 0.331 e. The molecule has 0 fully saturated rings. The highest BCUT2D eigenvalue weighted by Gasteiger charge is 2.11. The lowest BCUT2D eigenvalue weighted by molar-refractivity contribution is -0.144. The normalized spacial score (nSPS) is 12.2. The molecule has 1 atom stereocenters. The first-order chi connectivity index (χ1) is 10.4. The van der Waals surface area contributed by atoms with Crippen molar-refractivity contribution in [1.29, 1.82) is 0 Å². The molecule has 0 radical (unpaired) electrons. The number of hydrogen-bond acceptors (Lipinski definition) is 4. The number of benzene rings is 1. The van der Waals surface area contributed by atoms with Crippen molar-refractivity contribution >= 4 is 18.0 Å². The Morgan fingerprint density at radius 3 is 2.36 bits per heavy atom. The van der Waals surface area contributed by atoms with E-state index >= 15 is 0 Å². The summed E-state index contributed by atoms with van der Waals surface area (Å²) in [6.07, 6.45) is 2.91. The fraction of sp³-hybridized carbons (Fsp3) is 0.412. The molecule has 0 aliphatic carbocycles. The van der Waals surface area contributed by atoms with Crippen LogP contribution in [0.5, 0.6) is 5.75 Å². The second kappa shape index (κ2) is 8.87. The van der Waals surface area contributed by atoms with Gasteiger partial charge >= 0.3 is 5.97 Å². The van der Waals surface area contributed by atoms with E-state index in [1.54, 1.807) is 25.3 Å². The third-order valence-corrected chi connectivity index (χ3v) is 3.26. The minimum Gasteiger partial charge on any atom is -0.497 e. The molecule has 0 saturated heterocycles. The molecule has 5 nitrogen and oxygen atoms in total. The summed E-state index contributed by atoms with van der Waals surface area (Å²) < 4.78 is 9.94. The van der Waals surface area contributed by atoms with Crippen LogP contribution in [0, 0.1) is 5.92 Å². The summed E-state index contributed by atoms with van der Waals surface area (Å²) in [4.78, 5) is 23.1. The van der Waals surface area contributed by atoms with Crippen LogP contribution < -0.4 is 10.1 Å². The number of nitrogens with one attached hydrogen (secondary N) is 1. The topological polar surface area (TPSA) is 64.6 Å². The van der Waals surface area contributed by atoms with E-state index in [2.05, 4.69) is 5.32 Å². The summed E-state index contributed by atoms with van der Waals surface area (Å²) in [5, 5.41) is 2.77. The Kier molecular flexibility index (Phi) is 7.16. The monoisotopic (exact) mass is 305 g/mol. The van der Waals surface area contributed by atoms with E-state index in [1.165, 1.54) is 6.08 Å². The van der Waals surface area contributed by atoms with Crippen LogP contribution in [0.25, 0.3) is 6.08 Å². The number of hydrogen-bond donors (Lipinski definition) is 1. The number of esters is 1. The molecule has 0 aliphatic heterocycles. The highest BCUT2D eigenvalue weighted by Crippen LogP contribution is 2.12. The van der Waals surface area contributed by atoms with Gasteiger partial charge in [-0.3, -0.25) is 4.79 Å². The number of ether oxygens (including phenoxy) is 2. The second-order valence-electron chi connectivity index (χ2n) is 5.31. The van der Waals surface area contributed by atoms with E-state index in [1.807, 2.05) is 32.9 Å². The SMILES string of the molecule is COc1ccc(/C=C/C(=O)OCC(=O)N[C@@H](C)C(C)C)cc1. The molecule has 5 heteroatoms. The molecule has 0 spiro atoms. The van der Waals surface area contributed by atoms with Crippen LogP contribution in [0.15, 0.2) is 30.3 Å². The summed E-state index contributed by atoms with van der Waals surface area (Å²) in [5.41, 5.74) is 0.843. The zero-order valence-corrected chi connectivity index (χ0v) is 13.5. The molecule has 0 unspecified atom stereocenters. The van der Waals surface area contributed by atoms with Crippen molar-refractivity contribution in [2.24, 2.45) is 5.92 Å². The average molecular weight is 305 g/mol. The maximum Gasteiger partial charge on any atom is 0.331 e. The molecule has 0 heterocycles. The molecule has 1 aromatic carbocycles. The number of methoxy groups -OCH3 is 1. The Morgan fingerprint density at radius 1 is 1.18 bits per heavy atom. The van der Waals surface area contributed by atoms with Crippen LogP contribution >= 0.6 is 0 Å². The van der Waals surface area contributed by atoms with Crippen molar-refractivity contribution in [1.82, 2.24) is 5.32 Å². The Hall–Kier alpha value is -2.30. The summed E-state index contributed by atoms with van der Waals surface area (Å²) in [6, 6.07) is 7.28. The number of carbonyl (C=O) groups is 2. The predicted octanol–water partition coefficient (Wildman–Crippen LogP) is 2.41. The number of carbonyl (C=O) groups excluding carboxylic acids is 2. The molecule has 1 amide bonds. The molecule has 0 aromatic heterocycles. The Bertz CT molecular complexity index is 520. The molecular weight excluding hydrogens is 282 g/mol. The van der Waals surface area contributed by atoms with Crippen molar-refractivity contribution in [2.45, 2.75) is 26.8 Å². The van der Waals surface area contributed by atoms with Gasteiger partial charge in [0, 0.05) is 12.1 Å². The third kappa shape index (κ3) is 6.43. The van der Waals surface area contributed by atoms with Gasteiger partial charge in [0.05, 0.1) is 7.11 Å². The third-order valence-electron chi connectivity index (χ3n) is 3.26. The van der Waals surface area contributed by atoms with Gasteiger partial charge in [0.25, 0.3) is 5.91 Å². The zero-order chi connectivity index (χ0) is 16.5. The lowest BCUT2D eigenvalue weighted by Crippen LogP contribution is -2.38. The second-order valence-corrected chi connectivity index (χ2v) is 5.31. The van der Waals surface area contributed by atoms with Gasteiger partial charge in [-0.05, 0) is 36.6 Å². The summed E-state index contributed by atoms with van der Waals surface area (Å²) in [7, 11) is 1.59. The molecule has 120 valence electrons. The zero-order valence-electron chi connectivity index (χ0n) is 13.5. The van der Waals surface area contributed by atoms with Gasteiger partial charge in [-0.2, -0.15) is 0 Å². The minimum absolute atomic E-state index is 0.0426. The quantitative estimate of drug-likeness (QED) is 0.620. The van der Waals surface area contributed by atoms with Gasteiger partial charge < -0.3 is 14.8 Å².